The SMILES string of the molecule is C=CC(=C)c1ccc(-c2nc(-c3ccccc3)nc(-c3cccc4[nH]cc(C)c34)n2)cc1. The minimum Gasteiger partial charge on any atom is -0.361 e. The lowest BCUT2D eigenvalue weighted by molar-refractivity contribution is 1.08. The first-order valence-electron chi connectivity index (χ1n) is 10.4. The third-order valence-corrected chi connectivity index (χ3v) is 5.57. The van der Waals surface area contributed by atoms with Crippen LogP contribution in [0.25, 0.3) is 50.6 Å². The third-order valence-electron chi connectivity index (χ3n) is 5.57. The van der Waals surface area contributed by atoms with Gasteiger partial charge in [-0.3, -0.25) is 0 Å². The maximum Gasteiger partial charge on any atom is 0.164 e. The quantitative estimate of drug-likeness (QED) is 0.320. The normalized spacial score (nSPS) is 10.9. The maximum atomic E-state index is 4.89. The standard InChI is InChI=1S/C28H22N4/c1-4-18(2)20-13-15-22(16-14-20)27-30-26(21-9-6-5-7-10-21)31-28(32-27)23-11-8-12-24-25(23)19(3)17-29-24/h4-17,29H,1-2H2,3H3. The first-order valence-corrected chi connectivity index (χ1v) is 10.4. The lowest BCUT2D eigenvalue weighted by Crippen LogP contribution is -2.00. The van der Waals surface area contributed by atoms with Gasteiger partial charge in [-0.2, -0.15) is 0 Å². The van der Waals surface area contributed by atoms with Gasteiger partial charge < -0.3 is 4.98 Å². The molecular formula is C28H22N4. The van der Waals surface area contributed by atoms with E-state index < -0.39 is 0 Å². The van der Waals surface area contributed by atoms with Gasteiger partial charge in [-0.15, -0.1) is 0 Å². The molecule has 0 bridgehead atoms. The molecule has 0 saturated heterocycles. The molecule has 0 aliphatic heterocycles. The van der Waals surface area contributed by atoms with Gasteiger partial charge in [0.25, 0.3) is 0 Å². The average molecular weight is 415 g/mol. The minimum absolute atomic E-state index is 0.634. The van der Waals surface area contributed by atoms with E-state index in [-0.39, 0.29) is 0 Å². The molecule has 0 atom stereocenters. The fraction of sp³-hybridized carbons (Fsp3) is 0.0357. The molecule has 0 aliphatic carbocycles. The number of hydrogen-bond acceptors (Lipinski definition) is 3. The molecule has 0 spiro atoms. The number of fused-ring (bicyclic) bond motifs is 1. The van der Waals surface area contributed by atoms with E-state index in [1.54, 1.807) is 6.08 Å². The summed E-state index contributed by atoms with van der Waals surface area (Å²) >= 11 is 0. The first kappa shape index (κ1) is 19.6. The fourth-order valence-corrected chi connectivity index (χ4v) is 3.83. The number of hydrogen-bond donors (Lipinski definition) is 1. The zero-order chi connectivity index (χ0) is 22.1. The molecule has 3 aromatic carbocycles. The Morgan fingerprint density at radius 2 is 1.44 bits per heavy atom. The van der Waals surface area contributed by atoms with E-state index in [1.165, 1.54) is 0 Å². The van der Waals surface area contributed by atoms with Crippen molar-refractivity contribution in [1.82, 2.24) is 19.9 Å². The third kappa shape index (κ3) is 3.52. The van der Waals surface area contributed by atoms with Gasteiger partial charge in [0, 0.05) is 33.8 Å². The fourth-order valence-electron chi connectivity index (χ4n) is 3.83. The van der Waals surface area contributed by atoms with Crippen molar-refractivity contribution in [1.29, 1.82) is 0 Å². The molecule has 0 aliphatic rings. The summed E-state index contributed by atoms with van der Waals surface area (Å²) in [5.41, 5.74) is 6.98. The average Bonchev–Trinajstić information content (AvgIpc) is 3.25. The van der Waals surface area contributed by atoms with Crippen molar-refractivity contribution in [2.45, 2.75) is 6.92 Å². The van der Waals surface area contributed by atoms with Crippen molar-refractivity contribution in [2.24, 2.45) is 0 Å². The lowest BCUT2D eigenvalue weighted by atomic mass is 10.0. The second kappa shape index (κ2) is 8.08. The van der Waals surface area contributed by atoms with E-state index in [0.717, 1.165) is 44.3 Å². The molecule has 32 heavy (non-hydrogen) atoms. The topological polar surface area (TPSA) is 54.5 Å². The van der Waals surface area contributed by atoms with Gasteiger partial charge in [-0.1, -0.05) is 86.0 Å². The van der Waals surface area contributed by atoms with Crippen LogP contribution in [0.1, 0.15) is 11.1 Å². The summed E-state index contributed by atoms with van der Waals surface area (Å²) in [6.07, 6.45) is 3.77. The van der Waals surface area contributed by atoms with Crippen molar-refractivity contribution in [3.8, 4) is 34.2 Å². The van der Waals surface area contributed by atoms with Crippen LogP contribution >= 0.6 is 0 Å². The van der Waals surface area contributed by atoms with Crippen molar-refractivity contribution < 1.29 is 0 Å². The van der Waals surface area contributed by atoms with Crippen LogP contribution in [-0.4, -0.2) is 19.9 Å². The number of nitrogens with one attached hydrogen (secondary N) is 1. The Labute approximate surface area is 187 Å². The summed E-state index contributed by atoms with van der Waals surface area (Å²) in [4.78, 5) is 17.9. The molecule has 0 unspecified atom stereocenters. The summed E-state index contributed by atoms with van der Waals surface area (Å²) in [5.74, 6) is 1.94. The Morgan fingerprint density at radius 1 is 0.781 bits per heavy atom. The summed E-state index contributed by atoms with van der Waals surface area (Å²) in [5, 5.41) is 1.13. The predicted octanol–water partition coefficient (Wildman–Crippen LogP) is 6.86. The molecule has 4 nitrogen and oxygen atoms in total. The van der Waals surface area contributed by atoms with Crippen molar-refractivity contribution >= 4 is 16.5 Å². The molecule has 154 valence electrons. The number of nitrogens with zero attached hydrogens (tertiary/aromatic N) is 3. The van der Waals surface area contributed by atoms with Crippen LogP contribution in [0.3, 0.4) is 0 Å². The number of H-pyrrole nitrogens is 1. The van der Waals surface area contributed by atoms with Crippen LogP contribution in [0.2, 0.25) is 0 Å². The molecule has 5 aromatic rings. The number of aromatic nitrogens is 4. The zero-order valence-electron chi connectivity index (χ0n) is 17.8. The van der Waals surface area contributed by atoms with Crippen LogP contribution in [0.15, 0.2) is 98.2 Å². The number of aryl methyl sites for hydroxylation is 1. The van der Waals surface area contributed by atoms with Gasteiger partial charge in [0.15, 0.2) is 17.5 Å². The number of rotatable bonds is 5. The highest BCUT2D eigenvalue weighted by molar-refractivity contribution is 5.96. The van der Waals surface area contributed by atoms with Gasteiger partial charge >= 0.3 is 0 Å². The van der Waals surface area contributed by atoms with Crippen molar-refractivity contribution in [3.05, 3.63) is 109 Å². The van der Waals surface area contributed by atoms with Crippen molar-refractivity contribution in [3.63, 3.8) is 0 Å². The van der Waals surface area contributed by atoms with E-state index in [0.29, 0.717) is 17.5 Å². The smallest absolute Gasteiger partial charge is 0.164 e. The van der Waals surface area contributed by atoms with E-state index >= 15 is 0 Å². The Bertz CT molecular complexity index is 1440. The summed E-state index contributed by atoms with van der Waals surface area (Å²) < 4.78 is 0. The van der Waals surface area contributed by atoms with Crippen LogP contribution in [0.4, 0.5) is 0 Å². The molecule has 0 amide bonds. The van der Waals surface area contributed by atoms with Gasteiger partial charge in [-0.25, -0.2) is 15.0 Å². The van der Waals surface area contributed by atoms with Crippen LogP contribution in [-0.2, 0) is 0 Å². The van der Waals surface area contributed by atoms with Crippen LogP contribution in [0, 0.1) is 6.92 Å². The molecule has 0 radical (unpaired) electrons. The molecule has 5 rings (SSSR count). The predicted molar refractivity (Wildman–Crippen MR) is 132 cm³/mol. The highest BCUT2D eigenvalue weighted by atomic mass is 15.0. The lowest BCUT2D eigenvalue weighted by Gasteiger charge is -2.10. The molecular weight excluding hydrogens is 392 g/mol. The van der Waals surface area contributed by atoms with Gasteiger partial charge in [0.1, 0.15) is 0 Å². The Morgan fingerprint density at radius 3 is 2.12 bits per heavy atom. The van der Waals surface area contributed by atoms with E-state index in [2.05, 4.69) is 37.2 Å². The van der Waals surface area contributed by atoms with E-state index in [4.69, 9.17) is 15.0 Å². The molecule has 1 N–H and O–H groups in total. The zero-order valence-corrected chi connectivity index (χ0v) is 17.8. The largest absolute Gasteiger partial charge is 0.361 e. The van der Waals surface area contributed by atoms with Gasteiger partial charge in [0.2, 0.25) is 0 Å². The molecule has 0 fully saturated rings. The molecule has 2 aromatic heterocycles. The van der Waals surface area contributed by atoms with Crippen molar-refractivity contribution in [2.75, 3.05) is 0 Å². The Hall–Kier alpha value is -4.31. The van der Waals surface area contributed by atoms with E-state index in [1.807, 2.05) is 66.9 Å². The molecule has 4 heteroatoms. The maximum absolute atomic E-state index is 4.89. The summed E-state index contributed by atoms with van der Waals surface area (Å²) in [6, 6.07) is 24.2. The second-order valence-electron chi connectivity index (χ2n) is 7.68. The summed E-state index contributed by atoms with van der Waals surface area (Å²) in [7, 11) is 0. The monoisotopic (exact) mass is 414 g/mol. The highest BCUT2D eigenvalue weighted by Crippen LogP contribution is 2.31. The number of allylic oxidation sites excluding steroid dienone is 2. The van der Waals surface area contributed by atoms with Gasteiger partial charge in [0.05, 0.1) is 0 Å². The number of benzene rings is 3. The molecule has 2 heterocycles. The van der Waals surface area contributed by atoms with Gasteiger partial charge in [-0.05, 0) is 29.7 Å². The van der Waals surface area contributed by atoms with Crippen LogP contribution < -0.4 is 0 Å². The second-order valence-corrected chi connectivity index (χ2v) is 7.68. The van der Waals surface area contributed by atoms with Crippen LogP contribution in [0.5, 0.6) is 0 Å². The number of aromatic amines is 1. The summed E-state index contributed by atoms with van der Waals surface area (Å²) in [6.45, 7) is 9.91. The highest BCUT2D eigenvalue weighted by Gasteiger charge is 2.15. The molecule has 0 saturated carbocycles. The first-order chi connectivity index (χ1) is 15.6. The Kier molecular flexibility index (Phi) is 4.96. The Balaban J connectivity index is 1.72. The van der Waals surface area contributed by atoms with E-state index in [9.17, 15) is 0 Å². The minimum atomic E-state index is 0.634.